The number of fused-ring (bicyclic) bond motifs is 1. The van der Waals surface area contributed by atoms with E-state index < -0.39 is 5.63 Å². The van der Waals surface area contributed by atoms with Crippen LogP contribution in [0.4, 0.5) is 5.95 Å². The van der Waals surface area contributed by atoms with Gasteiger partial charge in [-0.3, -0.25) is 15.2 Å². The number of ether oxygens (including phenoxy) is 2. The maximum absolute atomic E-state index is 12.4. The summed E-state index contributed by atoms with van der Waals surface area (Å²) in [6.45, 7) is 2.56. The van der Waals surface area contributed by atoms with Crippen LogP contribution in [-0.4, -0.2) is 34.8 Å². The second-order valence-electron chi connectivity index (χ2n) is 7.00. The molecule has 4 rings (SSSR count). The minimum absolute atomic E-state index is 0.0849. The van der Waals surface area contributed by atoms with Gasteiger partial charge in [0.15, 0.2) is 5.82 Å². The number of aromatic amines is 1. The van der Waals surface area contributed by atoms with Crippen molar-refractivity contribution in [2.45, 2.75) is 38.7 Å². The predicted molar refractivity (Wildman–Crippen MR) is 105 cm³/mol. The van der Waals surface area contributed by atoms with Gasteiger partial charge in [-0.2, -0.15) is 4.98 Å². The molecule has 2 N–H and O–H groups in total. The van der Waals surface area contributed by atoms with E-state index in [1.54, 1.807) is 13.2 Å². The Hall–Kier alpha value is -3.20. The van der Waals surface area contributed by atoms with Gasteiger partial charge in [-0.1, -0.05) is 0 Å². The van der Waals surface area contributed by atoms with Crippen LogP contribution in [0.25, 0.3) is 11.0 Å². The number of carbonyl (C=O) groups is 1. The molecule has 1 aliphatic heterocycles. The molecule has 0 saturated carbocycles. The average molecular weight is 398 g/mol. The fourth-order valence-corrected chi connectivity index (χ4v) is 3.48. The van der Waals surface area contributed by atoms with Crippen LogP contribution in [0.15, 0.2) is 27.4 Å². The minimum atomic E-state index is -0.405. The summed E-state index contributed by atoms with van der Waals surface area (Å²) in [5.41, 5.74) is 1.72. The summed E-state index contributed by atoms with van der Waals surface area (Å²) in [7, 11) is 1.54. The molecule has 3 aromatic rings. The molecule has 1 aliphatic rings. The SMILES string of the molecule is COc1cc2oc(=O)cc(C)c2cc1CCC(=O)Nc1n[nH]c(C2CCCO2)n1. The van der Waals surface area contributed by atoms with E-state index in [9.17, 15) is 9.59 Å². The number of H-pyrrole nitrogens is 1. The van der Waals surface area contributed by atoms with Crippen molar-refractivity contribution in [2.75, 3.05) is 19.0 Å². The van der Waals surface area contributed by atoms with Crippen molar-refractivity contribution < 1.29 is 18.7 Å². The first kappa shape index (κ1) is 19.1. The number of aryl methyl sites for hydroxylation is 2. The molecule has 1 unspecified atom stereocenters. The van der Waals surface area contributed by atoms with Gasteiger partial charge in [-0.25, -0.2) is 4.79 Å². The number of carbonyl (C=O) groups excluding carboxylic acids is 1. The van der Waals surface area contributed by atoms with E-state index in [1.807, 2.05) is 13.0 Å². The number of hydrogen-bond acceptors (Lipinski definition) is 7. The molecule has 9 nitrogen and oxygen atoms in total. The van der Waals surface area contributed by atoms with E-state index in [0.717, 1.165) is 29.4 Å². The molecule has 1 atom stereocenters. The van der Waals surface area contributed by atoms with Crippen molar-refractivity contribution in [3.05, 3.63) is 45.6 Å². The minimum Gasteiger partial charge on any atom is -0.496 e. The van der Waals surface area contributed by atoms with Crippen LogP contribution in [-0.2, 0) is 16.0 Å². The highest BCUT2D eigenvalue weighted by molar-refractivity contribution is 5.89. The maximum atomic E-state index is 12.4. The lowest BCUT2D eigenvalue weighted by molar-refractivity contribution is -0.116. The Morgan fingerprint density at radius 3 is 3.00 bits per heavy atom. The van der Waals surface area contributed by atoms with Gasteiger partial charge in [0.25, 0.3) is 0 Å². The van der Waals surface area contributed by atoms with Gasteiger partial charge in [0, 0.05) is 30.5 Å². The predicted octanol–water partition coefficient (Wildman–Crippen LogP) is 2.65. The number of aromatic nitrogens is 3. The van der Waals surface area contributed by atoms with Crippen LogP contribution in [0, 0.1) is 6.92 Å². The first-order chi connectivity index (χ1) is 14.0. The quantitative estimate of drug-likeness (QED) is 0.613. The third-order valence-corrected chi connectivity index (χ3v) is 4.96. The number of methoxy groups -OCH3 is 1. The molecule has 2 aromatic heterocycles. The van der Waals surface area contributed by atoms with E-state index >= 15 is 0 Å². The first-order valence-electron chi connectivity index (χ1n) is 9.48. The van der Waals surface area contributed by atoms with E-state index in [-0.39, 0.29) is 24.4 Å². The molecule has 0 bridgehead atoms. The molecule has 29 heavy (non-hydrogen) atoms. The summed E-state index contributed by atoms with van der Waals surface area (Å²) in [5, 5.41) is 10.4. The Morgan fingerprint density at radius 1 is 1.38 bits per heavy atom. The molecule has 1 aromatic carbocycles. The lowest BCUT2D eigenvalue weighted by Gasteiger charge is -2.10. The number of amides is 1. The number of benzene rings is 1. The number of hydrogen-bond donors (Lipinski definition) is 2. The lowest BCUT2D eigenvalue weighted by Crippen LogP contribution is -2.14. The van der Waals surface area contributed by atoms with Crippen molar-refractivity contribution in [3.63, 3.8) is 0 Å². The van der Waals surface area contributed by atoms with E-state index in [4.69, 9.17) is 13.9 Å². The molecule has 0 radical (unpaired) electrons. The Labute approximate surface area is 166 Å². The topological polar surface area (TPSA) is 119 Å². The van der Waals surface area contributed by atoms with E-state index in [1.165, 1.54) is 6.07 Å². The van der Waals surface area contributed by atoms with Crippen molar-refractivity contribution in [2.24, 2.45) is 0 Å². The normalized spacial score (nSPS) is 16.3. The van der Waals surface area contributed by atoms with Crippen LogP contribution in [0.2, 0.25) is 0 Å². The summed E-state index contributed by atoms with van der Waals surface area (Å²) >= 11 is 0. The van der Waals surface area contributed by atoms with E-state index in [2.05, 4.69) is 20.5 Å². The zero-order valence-corrected chi connectivity index (χ0v) is 16.3. The molecular weight excluding hydrogens is 376 g/mol. The molecule has 9 heteroatoms. The second-order valence-corrected chi connectivity index (χ2v) is 7.00. The Morgan fingerprint density at radius 2 is 2.24 bits per heavy atom. The number of nitrogens with one attached hydrogen (secondary N) is 2. The standard InChI is InChI=1S/C20H22N4O5/c1-11-8-18(26)29-16-10-15(27-2)12(9-13(11)16)5-6-17(25)21-20-22-19(23-24-20)14-4-3-7-28-14/h8-10,14H,3-7H2,1-2H3,(H2,21,22,23,24,25). The Bertz CT molecular complexity index is 1100. The Balaban J connectivity index is 1.44. The molecule has 1 amide bonds. The molecular formula is C20H22N4O5. The van der Waals surface area contributed by atoms with Crippen LogP contribution in [0.1, 0.15) is 42.3 Å². The highest BCUT2D eigenvalue weighted by Gasteiger charge is 2.22. The summed E-state index contributed by atoms with van der Waals surface area (Å²) in [4.78, 5) is 28.2. The highest BCUT2D eigenvalue weighted by atomic mass is 16.5. The lowest BCUT2D eigenvalue weighted by atomic mass is 10.0. The summed E-state index contributed by atoms with van der Waals surface area (Å²) in [5.74, 6) is 1.23. The fourth-order valence-electron chi connectivity index (χ4n) is 3.48. The van der Waals surface area contributed by atoms with Gasteiger partial charge in [-0.05, 0) is 43.4 Å². The third-order valence-electron chi connectivity index (χ3n) is 4.96. The number of nitrogens with zero attached hydrogens (tertiary/aromatic N) is 2. The number of rotatable bonds is 6. The smallest absolute Gasteiger partial charge is 0.336 e. The molecule has 152 valence electrons. The zero-order chi connectivity index (χ0) is 20.4. The molecule has 1 fully saturated rings. The maximum Gasteiger partial charge on any atom is 0.336 e. The molecule has 0 aliphatic carbocycles. The largest absolute Gasteiger partial charge is 0.496 e. The van der Waals surface area contributed by atoms with Gasteiger partial charge in [0.2, 0.25) is 11.9 Å². The van der Waals surface area contributed by atoms with Crippen LogP contribution < -0.4 is 15.7 Å². The number of anilines is 1. The van der Waals surface area contributed by atoms with Crippen LogP contribution >= 0.6 is 0 Å². The van der Waals surface area contributed by atoms with Gasteiger partial charge < -0.3 is 13.9 Å². The van der Waals surface area contributed by atoms with Gasteiger partial charge in [0.05, 0.1) is 7.11 Å². The van der Waals surface area contributed by atoms with E-state index in [0.29, 0.717) is 30.2 Å². The monoisotopic (exact) mass is 398 g/mol. The van der Waals surface area contributed by atoms with Gasteiger partial charge in [0.1, 0.15) is 17.4 Å². The van der Waals surface area contributed by atoms with Crippen LogP contribution in [0.3, 0.4) is 0 Å². The van der Waals surface area contributed by atoms with Crippen molar-refractivity contribution in [1.29, 1.82) is 0 Å². The average Bonchev–Trinajstić information content (AvgIpc) is 3.37. The Kier molecular flexibility index (Phi) is 5.30. The van der Waals surface area contributed by atoms with Crippen molar-refractivity contribution in [3.8, 4) is 5.75 Å². The van der Waals surface area contributed by atoms with Crippen molar-refractivity contribution >= 4 is 22.8 Å². The molecule has 1 saturated heterocycles. The first-order valence-corrected chi connectivity index (χ1v) is 9.48. The van der Waals surface area contributed by atoms with Gasteiger partial charge in [-0.15, -0.1) is 5.10 Å². The fraction of sp³-hybridized carbons (Fsp3) is 0.400. The molecule has 0 spiro atoms. The van der Waals surface area contributed by atoms with Gasteiger partial charge >= 0.3 is 5.63 Å². The van der Waals surface area contributed by atoms with Crippen LogP contribution in [0.5, 0.6) is 5.75 Å². The molecule has 3 heterocycles. The highest BCUT2D eigenvalue weighted by Crippen LogP contribution is 2.28. The third kappa shape index (κ3) is 4.14. The summed E-state index contributed by atoms with van der Waals surface area (Å²) in [6.07, 6.45) is 2.47. The summed E-state index contributed by atoms with van der Waals surface area (Å²) in [6, 6.07) is 5.02. The second kappa shape index (κ2) is 8.04. The summed E-state index contributed by atoms with van der Waals surface area (Å²) < 4.78 is 16.2. The van der Waals surface area contributed by atoms with Crippen molar-refractivity contribution in [1.82, 2.24) is 15.2 Å². The zero-order valence-electron chi connectivity index (χ0n) is 16.3.